The number of carbonyl (C=O) groups is 3. The van der Waals surface area contributed by atoms with E-state index in [2.05, 4.69) is 25.9 Å². The third kappa shape index (κ3) is 3.37. The van der Waals surface area contributed by atoms with Crippen LogP contribution in [0.4, 0.5) is 5.69 Å². The molecule has 2 aromatic carbocycles. The number of phenolic OH excluding ortho intramolecular Hbond substituents is 2. The summed E-state index contributed by atoms with van der Waals surface area (Å²) in [6.07, 6.45) is 1.16. The average Bonchev–Trinajstić information content (AvgIpc) is 3.50. The first-order valence-electron chi connectivity index (χ1n) is 11.5. The minimum absolute atomic E-state index is 0.0240. The standard InChI is InChI=1S/C26H23N5O7/c1-10-21(34)19(12(3)32)23-20(22(10)35)26(4)17(38-23)9-15(33)18(24(26)36)11(2)27-13-6-7-16(37-5)14(8-13)25-28-30-31-29-25/h6-9,27,34-35H,1-5H3,(H,28,29,30,31)/b18-11+/t26-/m0/s1. The number of rotatable bonds is 5. The van der Waals surface area contributed by atoms with E-state index in [1.54, 1.807) is 25.1 Å². The van der Waals surface area contributed by atoms with E-state index in [0.717, 1.165) is 6.08 Å². The minimum atomic E-state index is -1.61. The molecule has 0 bridgehead atoms. The van der Waals surface area contributed by atoms with Crippen molar-refractivity contribution in [2.45, 2.75) is 33.1 Å². The fourth-order valence-corrected chi connectivity index (χ4v) is 4.88. The van der Waals surface area contributed by atoms with Crippen LogP contribution >= 0.6 is 0 Å². The van der Waals surface area contributed by atoms with E-state index in [1.165, 1.54) is 27.9 Å². The summed E-state index contributed by atoms with van der Waals surface area (Å²) >= 11 is 0. The lowest BCUT2D eigenvalue weighted by Gasteiger charge is -2.29. The molecule has 3 aromatic rings. The molecule has 194 valence electrons. The molecule has 1 atom stereocenters. The highest BCUT2D eigenvalue weighted by Crippen LogP contribution is 2.57. The van der Waals surface area contributed by atoms with Crippen LogP contribution in [0.15, 0.2) is 41.3 Å². The van der Waals surface area contributed by atoms with Crippen LogP contribution in [-0.4, -0.2) is 55.3 Å². The molecule has 1 aliphatic heterocycles. The molecule has 1 aliphatic carbocycles. The lowest BCUT2D eigenvalue weighted by molar-refractivity contribution is -0.123. The Kier molecular flexibility index (Phi) is 5.55. The lowest BCUT2D eigenvalue weighted by Crippen LogP contribution is -2.40. The molecule has 0 radical (unpaired) electrons. The van der Waals surface area contributed by atoms with Crippen molar-refractivity contribution in [2.75, 3.05) is 12.4 Å². The Labute approximate surface area is 216 Å². The number of tetrazole rings is 1. The summed E-state index contributed by atoms with van der Waals surface area (Å²) in [6.45, 7) is 5.74. The predicted molar refractivity (Wildman–Crippen MR) is 133 cm³/mol. The normalized spacial score (nSPS) is 19.3. The Morgan fingerprint density at radius 2 is 1.92 bits per heavy atom. The SMILES string of the molecule is COc1ccc(N/C(C)=C2\C(=O)C=C3Oc4c(C(C)=O)c(O)c(C)c(O)c4[C@@]3(C)C2=O)cc1-c1nn[nH]n1. The number of anilines is 1. The molecule has 0 amide bonds. The maximum absolute atomic E-state index is 14.0. The van der Waals surface area contributed by atoms with E-state index in [9.17, 15) is 24.6 Å². The van der Waals surface area contributed by atoms with Crippen molar-refractivity contribution in [2.24, 2.45) is 0 Å². The van der Waals surface area contributed by atoms with E-state index in [-0.39, 0.29) is 51.0 Å². The smallest absolute Gasteiger partial charge is 0.208 e. The first-order valence-corrected chi connectivity index (χ1v) is 11.5. The van der Waals surface area contributed by atoms with Crippen molar-refractivity contribution in [1.29, 1.82) is 0 Å². The van der Waals surface area contributed by atoms with Crippen LogP contribution in [0, 0.1) is 6.92 Å². The average molecular weight is 517 g/mol. The highest BCUT2D eigenvalue weighted by molar-refractivity contribution is 6.31. The molecular formula is C26H23N5O7. The number of hydrogen-bond donors (Lipinski definition) is 4. The largest absolute Gasteiger partial charge is 0.507 e. The Morgan fingerprint density at radius 3 is 2.55 bits per heavy atom. The monoisotopic (exact) mass is 517 g/mol. The zero-order chi connectivity index (χ0) is 27.5. The van der Waals surface area contributed by atoms with Gasteiger partial charge in [-0.25, -0.2) is 0 Å². The van der Waals surface area contributed by atoms with Crippen LogP contribution < -0.4 is 14.8 Å². The number of ketones is 3. The quantitative estimate of drug-likeness (QED) is 0.222. The molecule has 0 saturated heterocycles. The molecular weight excluding hydrogens is 494 g/mol. The highest BCUT2D eigenvalue weighted by Gasteiger charge is 2.56. The number of allylic oxidation sites excluding steroid dienone is 4. The molecule has 1 aromatic heterocycles. The third-order valence-electron chi connectivity index (χ3n) is 6.88. The zero-order valence-corrected chi connectivity index (χ0v) is 21.1. The molecule has 38 heavy (non-hydrogen) atoms. The van der Waals surface area contributed by atoms with E-state index >= 15 is 0 Å². The predicted octanol–water partition coefficient (Wildman–Crippen LogP) is 2.87. The summed E-state index contributed by atoms with van der Waals surface area (Å²) in [7, 11) is 1.50. The van der Waals surface area contributed by atoms with Gasteiger partial charge in [-0.2, -0.15) is 5.21 Å². The van der Waals surface area contributed by atoms with E-state index in [0.29, 0.717) is 17.0 Å². The molecule has 0 spiro atoms. The molecule has 2 aliphatic rings. The number of fused-ring (bicyclic) bond motifs is 3. The van der Waals surface area contributed by atoms with Gasteiger partial charge in [0.25, 0.3) is 0 Å². The summed E-state index contributed by atoms with van der Waals surface area (Å²) in [5, 5.41) is 38.4. The highest BCUT2D eigenvalue weighted by atomic mass is 16.5. The first kappa shape index (κ1) is 24.7. The van der Waals surface area contributed by atoms with Gasteiger partial charge in [-0.1, -0.05) is 0 Å². The summed E-state index contributed by atoms with van der Waals surface area (Å²) in [5.41, 5.74) is -0.594. The van der Waals surface area contributed by atoms with Crippen molar-refractivity contribution < 1.29 is 34.1 Å². The van der Waals surface area contributed by atoms with Crippen LogP contribution in [0.25, 0.3) is 11.4 Å². The Bertz CT molecular complexity index is 1620. The second kappa shape index (κ2) is 8.54. The van der Waals surface area contributed by atoms with Crippen LogP contribution in [0.5, 0.6) is 23.0 Å². The third-order valence-corrected chi connectivity index (χ3v) is 6.88. The van der Waals surface area contributed by atoms with Gasteiger partial charge < -0.3 is 25.0 Å². The van der Waals surface area contributed by atoms with Crippen molar-refractivity contribution in [3.05, 3.63) is 58.0 Å². The van der Waals surface area contributed by atoms with E-state index in [1.807, 2.05) is 0 Å². The van der Waals surface area contributed by atoms with Crippen molar-refractivity contribution in [3.8, 4) is 34.4 Å². The molecule has 2 heterocycles. The fourth-order valence-electron chi connectivity index (χ4n) is 4.88. The van der Waals surface area contributed by atoms with Gasteiger partial charge in [0.15, 0.2) is 17.3 Å². The zero-order valence-electron chi connectivity index (χ0n) is 21.1. The Hall–Kier alpha value is -5.00. The number of Topliss-reactive ketones (excluding diaryl/α,β-unsaturated/α-hetero) is 2. The van der Waals surface area contributed by atoms with E-state index < -0.39 is 28.5 Å². The van der Waals surface area contributed by atoms with Crippen LogP contribution in [0.2, 0.25) is 0 Å². The van der Waals surface area contributed by atoms with Crippen LogP contribution in [0.1, 0.15) is 42.3 Å². The van der Waals surface area contributed by atoms with Crippen molar-refractivity contribution >= 4 is 23.0 Å². The fraction of sp³-hybridized carbons (Fsp3) is 0.231. The number of H-pyrrole nitrogens is 1. The number of benzene rings is 2. The molecule has 12 heteroatoms. The summed E-state index contributed by atoms with van der Waals surface area (Å²) < 4.78 is 11.2. The van der Waals surface area contributed by atoms with Gasteiger partial charge >= 0.3 is 0 Å². The van der Waals surface area contributed by atoms with Crippen molar-refractivity contribution in [3.63, 3.8) is 0 Å². The van der Waals surface area contributed by atoms with E-state index in [4.69, 9.17) is 9.47 Å². The topological polar surface area (TPSA) is 177 Å². The minimum Gasteiger partial charge on any atom is -0.507 e. The van der Waals surface area contributed by atoms with Gasteiger partial charge in [0.2, 0.25) is 5.82 Å². The number of aromatic nitrogens is 4. The Morgan fingerprint density at radius 1 is 1.18 bits per heavy atom. The summed E-state index contributed by atoms with van der Waals surface area (Å²) in [4.78, 5) is 39.5. The number of aromatic amines is 1. The number of hydrogen-bond acceptors (Lipinski definition) is 11. The number of aromatic hydroxyl groups is 2. The van der Waals surface area contributed by atoms with Crippen LogP contribution in [-0.2, 0) is 15.0 Å². The van der Waals surface area contributed by atoms with Crippen LogP contribution in [0.3, 0.4) is 0 Å². The number of ether oxygens (including phenoxy) is 2. The van der Waals surface area contributed by atoms with Gasteiger partial charge in [-0.3, -0.25) is 14.4 Å². The van der Waals surface area contributed by atoms with Gasteiger partial charge in [0.1, 0.15) is 39.7 Å². The number of nitrogens with one attached hydrogen (secondary N) is 2. The van der Waals surface area contributed by atoms with Crippen molar-refractivity contribution in [1.82, 2.24) is 20.6 Å². The van der Waals surface area contributed by atoms with Gasteiger partial charge in [-0.05, 0) is 51.1 Å². The number of phenols is 2. The van der Waals surface area contributed by atoms with Gasteiger partial charge in [0, 0.05) is 23.0 Å². The second-order valence-electron chi connectivity index (χ2n) is 9.16. The lowest BCUT2D eigenvalue weighted by atomic mass is 9.70. The molecule has 12 nitrogen and oxygen atoms in total. The molecule has 0 fully saturated rings. The first-order chi connectivity index (χ1) is 18.0. The number of methoxy groups -OCH3 is 1. The molecule has 5 rings (SSSR count). The maximum Gasteiger partial charge on any atom is 0.208 e. The molecule has 0 unspecified atom stereocenters. The maximum atomic E-state index is 14.0. The summed E-state index contributed by atoms with van der Waals surface area (Å²) in [6, 6.07) is 5.05. The Balaban J connectivity index is 1.62. The molecule has 4 N–H and O–H groups in total. The number of carbonyl (C=O) groups excluding carboxylic acids is 3. The van der Waals surface area contributed by atoms with Gasteiger partial charge in [-0.15, -0.1) is 10.2 Å². The van der Waals surface area contributed by atoms with Gasteiger partial charge in [0.05, 0.1) is 23.8 Å². The molecule has 0 saturated carbocycles. The second-order valence-corrected chi connectivity index (χ2v) is 9.16. The number of nitrogens with zero attached hydrogens (tertiary/aromatic N) is 3. The summed E-state index contributed by atoms with van der Waals surface area (Å²) in [5.74, 6) is -2.00.